The first-order valence-corrected chi connectivity index (χ1v) is 7.37. The van der Waals surface area contributed by atoms with Crippen LogP contribution in [0, 0.1) is 0 Å². The predicted octanol–water partition coefficient (Wildman–Crippen LogP) is 3.34. The number of anilines is 1. The van der Waals surface area contributed by atoms with Crippen LogP contribution in [0.5, 0.6) is 0 Å². The Morgan fingerprint density at radius 3 is 2.59 bits per heavy atom. The first kappa shape index (κ1) is 13.0. The van der Waals surface area contributed by atoms with Crippen molar-refractivity contribution in [3.05, 3.63) is 54.1 Å². The highest BCUT2D eigenvalue weighted by Crippen LogP contribution is 2.40. The van der Waals surface area contributed by atoms with Crippen LogP contribution in [0.4, 0.5) is 5.69 Å². The third-order valence-corrected chi connectivity index (χ3v) is 4.06. The van der Waals surface area contributed by atoms with Gasteiger partial charge in [-0.15, -0.1) is 5.10 Å². The molecule has 0 unspecified atom stereocenters. The van der Waals surface area contributed by atoms with E-state index in [9.17, 15) is 5.21 Å². The van der Waals surface area contributed by atoms with Crippen molar-refractivity contribution < 1.29 is 5.21 Å². The fourth-order valence-corrected chi connectivity index (χ4v) is 3.02. The Balaban J connectivity index is 2.10. The number of aromatic nitrogens is 3. The van der Waals surface area contributed by atoms with Crippen LogP contribution in [0.25, 0.3) is 22.5 Å². The van der Waals surface area contributed by atoms with E-state index in [0.29, 0.717) is 6.54 Å². The molecule has 0 radical (unpaired) electrons. The molecule has 0 fully saturated rings. The van der Waals surface area contributed by atoms with Gasteiger partial charge in [0.25, 0.3) is 0 Å². The summed E-state index contributed by atoms with van der Waals surface area (Å²) in [5.41, 5.74) is 5.59. The maximum Gasteiger partial charge on any atom is 0.121 e. The predicted molar refractivity (Wildman–Crippen MR) is 84.5 cm³/mol. The zero-order chi connectivity index (χ0) is 15.1. The zero-order valence-corrected chi connectivity index (χ0v) is 12.3. The van der Waals surface area contributed by atoms with E-state index in [-0.39, 0.29) is 0 Å². The number of rotatable bonds is 1. The summed E-state index contributed by atoms with van der Waals surface area (Å²) >= 11 is 0. The summed E-state index contributed by atoms with van der Waals surface area (Å²) in [6.07, 6.45) is 0. The van der Waals surface area contributed by atoms with Gasteiger partial charge in [-0.25, -0.2) is 4.68 Å². The van der Waals surface area contributed by atoms with Crippen LogP contribution in [-0.2, 0) is 13.1 Å². The fourth-order valence-electron chi connectivity index (χ4n) is 3.02. The second-order valence-corrected chi connectivity index (χ2v) is 5.33. The van der Waals surface area contributed by atoms with Gasteiger partial charge in [-0.3, -0.25) is 10.3 Å². The number of nitrogens with zero attached hydrogens (tertiary/aromatic N) is 4. The van der Waals surface area contributed by atoms with Crippen LogP contribution in [-0.4, -0.2) is 20.2 Å². The maximum absolute atomic E-state index is 10.5. The van der Waals surface area contributed by atoms with Gasteiger partial charge in [0.05, 0.1) is 17.9 Å². The molecule has 4 rings (SSSR count). The van der Waals surface area contributed by atoms with E-state index in [1.54, 1.807) is 0 Å². The maximum atomic E-state index is 10.5. The Bertz CT molecular complexity index is 840. The number of benzene rings is 2. The lowest BCUT2D eigenvalue weighted by Crippen LogP contribution is -2.20. The van der Waals surface area contributed by atoms with E-state index >= 15 is 0 Å². The highest BCUT2D eigenvalue weighted by Gasteiger charge is 2.25. The Kier molecular flexibility index (Phi) is 2.94. The average molecular weight is 292 g/mol. The van der Waals surface area contributed by atoms with E-state index < -0.39 is 0 Å². The minimum Gasteiger partial charge on any atom is -0.288 e. The highest BCUT2D eigenvalue weighted by molar-refractivity contribution is 5.87. The molecule has 2 heterocycles. The SMILES string of the molecule is CCn1nnc2c1-c1ccccc1N(O)Cc1ccccc1-2. The topological polar surface area (TPSA) is 54.2 Å². The molecule has 0 atom stereocenters. The van der Waals surface area contributed by atoms with Crippen molar-refractivity contribution in [3.8, 4) is 22.5 Å². The summed E-state index contributed by atoms with van der Waals surface area (Å²) in [6, 6.07) is 15.8. The molecule has 1 N–H and O–H groups in total. The van der Waals surface area contributed by atoms with Crippen molar-refractivity contribution in [3.63, 3.8) is 0 Å². The lowest BCUT2D eigenvalue weighted by molar-refractivity contribution is 0.250. The molecule has 5 heteroatoms. The van der Waals surface area contributed by atoms with Crippen LogP contribution in [0.1, 0.15) is 12.5 Å². The van der Waals surface area contributed by atoms with E-state index in [1.807, 2.05) is 60.1 Å². The fraction of sp³-hybridized carbons (Fsp3) is 0.176. The molecule has 0 spiro atoms. The second kappa shape index (κ2) is 4.96. The van der Waals surface area contributed by atoms with Gasteiger partial charge in [0.1, 0.15) is 5.69 Å². The number of para-hydroxylation sites is 1. The molecule has 0 bridgehead atoms. The number of hydrogen-bond donors (Lipinski definition) is 1. The van der Waals surface area contributed by atoms with Crippen molar-refractivity contribution >= 4 is 5.69 Å². The molecule has 2 aromatic carbocycles. The molecule has 22 heavy (non-hydrogen) atoms. The van der Waals surface area contributed by atoms with Gasteiger partial charge in [-0.1, -0.05) is 47.7 Å². The average Bonchev–Trinajstić information content (AvgIpc) is 2.97. The number of hydrogen-bond acceptors (Lipinski definition) is 4. The van der Waals surface area contributed by atoms with Crippen molar-refractivity contribution in [2.24, 2.45) is 0 Å². The Morgan fingerprint density at radius 1 is 1.05 bits per heavy atom. The van der Waals surface area contributed by atoms with Crippen molar-refractivity contribution in [2.45, 2.75) is 20.0 Å². The van der Waals surface area contributed by atoms with Crippen LogP contribution in [0.15, 0.2) is 48.5 Å². The van der Waals surface area contributed by atoms with Gasteiger partial charge >= 0.3 is 0 Å². The second-order valence-electron chi connectivity index (χ2n) is 5.33. The van der Waals surface area contributed by atoms with Gasteiger partial charge in [-0.2, -0.15) is 0 Å². The summed E-state index contributed by atoms with van der Waals surface area (Å²) < 4.78 is 1.88. The summed E-state index contributed by atoms with van der Waals surface area (Å²) in [5.74, 6) is 0. The number of hydroxylamine groups is 1. The van der Waals surface area contributed by atoms with E-state index in [1.165, 1.54) is 5.06 Å². The Morgan fingerprint density at radius 2 is 1.77 bits per heavy atom. The standard InChI is InChI=1S/C17H16N4O/c1-2-20-17-14-9-5-6-10-15(14)21(22)11-12-7-3-4-8-13(12)16(17)18-19-20/h3-10,22H,2,11H2,1H3. The molecule has 0 aliphatic carbocycles. The minimum atomic E-state index is 0.422. The molecule has 1 aliphatic heterocycles. The quantitative estimate of drug-likeness (QED) is 0.747. The molecular weight excluding hydrogens is 276 g/mol. The van der Waals surface area contributed by atoms with Crippen molar-refractivity contribution in [1.82, 2.24) is 15.0 Å². The number of fused-ring (bicyclic) bond motifs is 5. The molecule has 110 valence electrons. The van der Waals surface area contributed by atoms with Gasteiger partial charge in [-0.05, 0) is 18.6 Å². The molecular formula is C17H16N4O. The largest absolute Gasteiger partial charge is 0.288 e. The van der Waals surface area contributed by atoms with Gasteiger partial charge in [0, 0.05) is 17.7 Å². The summed E-state index contributed by atoms with van der Waals surface area (Å²) in [5, 5.41) is 20.5. The molecule has 0 saturated carbocycles. The Hall–Kier alpha value is -2.66. The van der Waals surface area contributed by atoms with Crippen LogP contribution < -0.4 is 5.06 Å². The number of aryl methyl sites for hydroxylation is 1. The lowest BCUT2D eigenvalue weighted by Gasteiger charge is -2.24. The molecule has 3 aromatic rings. The third kappa shape index (κ3) is 1.83. The van der Waals surface area contributed by atoms with Crippen LogP contribution in [0.3, 0.4) is 0 Å². The van der Waals surface area contributed by atoms with Crippen molar-refractivity contribution in [1.29, 1.82) is 0 Å². The monoisotopic (exact) mass is 292 g/mol. The molecule has 0 amide bonds. The van der Waals surface area contributed by atoms with Gasteiger partial charge < -0.3 is 0 Å². The third-order valence-electron chi connectivity index (χ3n) is 4.06. The zero-order valence-electron chi connectivity index (χ0n) is 12.3. The molecule has 1 aromatic heterocycles. The lowest BCUT2D eigenvalue weighted by atomic mass is 9.96. The summed E-state index contributed by atoms with van der Waals surface area (Å²) in [6.45, 7) is 3.19. The van der Waals surface area contributed by atoms with E-state index in [0.717, 1.165) is 40.3 Å². The normalized spacial score (nSPS) is 12.9. The van der Waals surface area contributed by atoms with Crippen LogP contribution in [0.2, 0.25) is 0 Å². The molecule has 5 nitrogen and oxygen atoms in total. The first-order chi connectivity index (χ1) is 10.8. The minimum absolute atomic E-state index is 0.422. The highest BCUT2D eigenvalue weighted by atomic mass is 16.5. The molecule has 1 aliphatic rings. The van der Waals surface area contributed by atoms with E-state index in [2.05, 4.69) is 10.3 Å². The Labute approximate surface area is 128 Å². The van der Waals surface area contributed by atoms with Crippen molar-refractivity contribution in [2.75, 3.05) is 5.06 Å². The molecule has 0 saturated heterocycles. The summed E-state index contributed by atoms with van der Waals surface area (Å²) in [7, 11) is 0. The van der Waals surface area contributed by atoms with Gasteiger partial charge in [0.15, 0.2) is 0 Å². The van der Waals surface area contributed by atoms with Crippen LogP contribution >= 0.6 is 0 Å². The van der Waals surface area contributed by atoms with Gasteiger partial charge in [0.2, 0.25) is 0 Å². The first-order valence-electron chi connectivity index (χ1n) is 7.37. The summed E-state index contributed by atoms with van der Waals surface area (Å²) in [4.78, 5) is 0. The van der Waals surface area contributed by atoms with E-state index in [4.69, 9.17) is 0 Å². The smallest absolute Gasteiger partial charge is 0.121 e.